The van der Waals surface area contributed by atoms with Crippen LogP contribution in [0.1, 0.15) is 5.56 Å². The standard InChI is InChI=1S/C12H11N5O3/c13-4-7-3-8-10(14-5-7)17-2-1-16(12(19)20)6-9(17)11(18)15-8/h3,5,9H,1-2,6H2,(H,15,18)(H,19,20)/t9-/m0/s1. The molecule has 2 aliphatic rings. The van der Waals surface area contributed by atoms with E-state index in [4.69, 9.17) is 10.4 Å². The number of pyridine rings is 1. The fourth-order valence-corrected chi connectivity index (χ4v) is 2.49. The van der Waals surface area contributed by atoms with Crippen LogP contribution in [0.5, 0.6) is 0 Å². The van der Waals surface area contributed by atoms with Crippen LogP contribution in [-0.4, -0.2) is 52.7 Å². The van der Waals surface area contributed by atoms with Gasteiger partial charge in [-0.05, 0) is 6.07 Å². The van der Waals surface area contributed by atoms with Crippen LogP contribution < -0.4 is 10.2 Å². The third-order valence-corrected chi connectivity index (χ3v) is 3.48. The molecule has 102 valence electrons. The van der Waals surface area contributed by atoms with E-state index in [1.165, 1.54) is 11.1 Å². The largest absolute Gasteiger partial charge is 0.465 e. The maximum Gasteiger partial charge on any atom is 0.407 e. The molecule has 0 aliphatic carbocycles. The molecule has 1 fully saturated rings. The molecule has 0 bridgehead atoms. The molecule has 2 amide bonds. The smallest absolute Gasteiger partial charge is 0.407 e. The highest BCUT2D eigenvalue weighted by molar-refractivity contribution is 6.03. The van der Waals surface area contributed by atoms with Crippen LogP contribution in [0, 0.1) is 11.3 Å². The molecule has 3 rings (SSSR count). The molecule has 2 N–H and O–H groups in total. The summed E-state index contributed by atoms with van der Waals surface area (Å²) < 4.78 is 0. The number of carbonyl (C=O) groups excluding carboxylic acids is 1. The van der Waals surface area contributed by atoms with Crippen molar-refractivity contribution in [3.8, 4) is 6.07 Å². The molecule has 0 radical (unpaired) electrons. The van der Waals surface area contributed by atoms with E-state index in [0.29, 0.717) is 30.2 Å². The van der Waals surface area contributed by atoms with Crippen molar-refractivity contribution in [3.05, 3.63) is 17.8 Å². The first-order valence-electron chi connectivity index (χ1n) is 6.05. The second-order valence-corrected chi connectivity index (χ2v) is 4.63. The van der Waals surface area contributed by atoms with Crippen molar-refractivity contribution < 1.29 is 14.7 Å². The van der Waals surface area contributed by atoms with Gasteiger partial charge in [-0.1, -0.05) is 0 Å². The summed E-state index contributed by atoms with van der Waals surface area (Å²) >= 11 is 0. The van der Waals surface area contributed by atoms with Crippen LogP contribution in [0.2, 0.25) is 0 Å². The topological polar surface area (TPSA) is 110 Å². The molecular formula is C12H11N5O3. The van der Waals surface area contributed by atoms with Gasteiger partial charge in [0.15, 0.2) is 5.82 Å². The maximum absolute atomic E-state index is 12.1. The lowest BCUT2D eigenvalue weighted by atomic mass is 10.1. The Kier molecular flexibility index (Phi) is 2.68. The minimum Gasteiger partial charge on any atom is -0.465 e. The number of nitriles is 1. The number of hydrogen-bond acceptors (Lipinski definition) is 5. The SMILES string of the molecule is N#Cc1cnc2c(c1)NC(=O)[C@@H]1CN(C(=O)O)CCN21. The molecule has 2 aliphatic heterocycles. The lowest BCUT2D eigenvalue weighted by molar-refractivity contribution is -0.118. The zero-order chi connectivity index (χ0) is 14.3. The van der Waals surface area contributed by atoms with Crippen molar-refractivity contribution in [2.45, 2.75) is 6.04 Å². The molecule has 3 heterocycles. The van der Waals surface area contributed by atoms with Crippen LogP contribution in [0.15, 0.2) is 12.3 Å². The summed E-state index contributed by atoms with van der Waals surface area (Å²) in [5.74, 6) is 0.305. The number of fused-ring (bicyclic) bond motifs is 3. The summed E-state index contributed by atoms with van der Waals surface area (Å²) in [5.41, 5.74) is 0.862. The summed E-state index contributed by atoms with van der Waals surface area (Å²) in [7, 11) is 0. The Labute approximate surface area is 114 Å². The summed E-state index contributed by atoms with van der Waals surface area (Å²) in [6, 6.07) is 2.96. The zero-order valence-corrected chi connectivity index (χ0v) is 10.4. The van der Waals surface area contributed by atoms with Gasteiger partial charge < -0.3 is 20.2 Å². The second-order valence-electron chi connectivity index (χ2n) is 4.63. The van der Waals surface area contributed by atoms with Gasteiger partial charge in [-0.15, -0.1) is 0 Å². The van der Waals surface area contributed by atoms with Crippen molar-refractivity contribution in [1.29, 1.82) is 5.26 Å². The highest BCUT2D eigenvalue weighted by atomic mass is 16.4. The number of rotatable bonds is 0. The van der Waals surface area contributed by atoms with Crippen molar-refractivity contribution in [2.75, 3.05) is 29.9 Å². The van der Waals surface area contributed by atoms with E-state index >= 15 is 0 Å². The Morgan fingerprint density at radius 3 is 3.05 bits per heavy atom. The quantitative estimate of drug-likeness (QED) is 0.692. The predicted molar refractivity (Wildman–Crippen MR) is 68.3 cm³/mol. The number of aromatic nitrogens is 1. The van der Waals surface area contributed by atoms with Crippen LogP contribution in [0.3, 0.4) is 0 Å². The number of carboxylic acid groups (broad SMARTS) is 1. The van der Waals surface area contributed by atoms with E-state index in [1.807, 2.05) is 6.07 Å². The molecule has 0 saturated carbocycles. The number of hydrogen-bond donors (Lipinski definition) is 2. The Bertz CT molecular complexity index is 638. The van der Waals surface area contributed by atoms with E-state index in [1.54, 1.807) is 11.0 Å². The predicted octanol–water partition coefficient (Wildman–Crippen LogP) is 0.0740. The molecule has 1 saturated heterocycles. The summed E-state index contributed by atoms with van der Waals surface area (Å²) in [4.78, 5) is 30.3. The molecule has 1 aromatic rings. The third kappa shape index (κ3) is 1.80. The Morgan fingerprint density at radius 1 is 1.55 bits per heavy atom. The third-order valence-electron chi connectivity index (χ3n) is 3.48. The number of piperazine rings is 1. The highest BCUT2D eigenvalue weighted by Crippen LogP contribution is 2.32. The van der Waals surface area contributed by atoms with Gasteiger partial charge in [0.05, 0.1) is 17.8 Å². The second kappa shape index (κ2) is 4.38. The van der Waals surface area contributed by atoms with Crippen molar-refractivity contribution in [3.63, 3.8) is 0 Å². The van der Waals surface area contributed by atoms with Gasteiger partial charge in [-0.2, -0.15) is 5.26 Å². The minimum atomic E-state index is -1.03. The number of nitrogens with one attached hydrogen (secondary N) is 1. The maximum atomic E-state index is 12.1. The van der Waals surface area contributed by atoms with Crippen LogP contribution in [0.25, 0.3) is 0 Å². The van der Waals surface area contributed by atoms with Gasteiger partial charge in [0.1, 0.15) is 12.1 Å². The first-order valence-corrected chi connectivity index (χ1v) is 6.05. The van der Waals surface area contributed by atoms with Crippen LogP contribution in [0.4, 0.5) is 16.3 Å². The zero-order valence-electron chi connectivity index (χ0n) is 10.4. The van der Waals surface area contributed by atoms with E-state index in [2.05, 4.69) is 10.3 Å². The Morgan fingerprint density at radius 2 is 2.35 bits per heavy atom. The number of amides is 2. The first-order chi connectivity index (χ1) is 9.60. The van der Waals surface area contributed by atoms with Crippen molar-refractivity contribution in [2.24, 2.45) is 0 Å². The molecule has 1 aromatic heterocycles. The molecule has 8 heteroatoms. The Hall–Kier alpha value is -2.82. The first kappa shape index (κ1) is 12.2. The molecule has 20 heavy (non-hydrogen) atoms. The summed E-state index contributed by atoms with van der Waals surface area (Å²) in [6.45, 7) is 0.832. The van der Waals surface area contributed by atoms with Gasteiger partial charge in [0.2, 0.25) is 5.91 Å². The normalized spacial score (nSPS) is 20.6. The van der Waals surface area contributed by atoms with Crippen LogP contribution >= 0.6 is 0 Å². The van der Waals surface area contributed by atoms with E-state index in [0.717, 1.165) is 0 Å². The van der Waals surface area contributed by atoms with Crippen LogP contribution in [-0.2, 0) is 4.79 Å². The monoisotopic (exact) mass is 273 g/mol. The number of nitrogens with zero attached hydrogens (tertiary/aromatic N) is 4. The Balaban J connectivity index is 1.95. The lowest BCUT2D eigenvalue weighted by Crippen LogP contribution is -2.61. The molecule has 0 aromatic carbocycles. The van der Waals surface area contributed by atoms with Gasteiger partial charge >= 0.3 is 6.09 Å². The average molecular weight is 273 g/mol. The molecule has 0 spiro atoms. The number of carbonyl (C=O) groups is 2. The lowest BCUT2D eigenvalue weighted by Gasteiger charge is -2.43. The van der Waals surface area contributed by atoms with Crippen molar-refractivity contribution in [1.82, 2.24) is 9.88 Å². The molecule has 0 unspecified atom stereocenters. The minimum absolute atomic E-state index is 0.113. The van der Waals surface area contributed by atoms with Gasteiger partial charge in [-0.3, -0.25) is 4.79 Å². The summed E-state index contributed by atoms with van der Waals surface area (Å²) in [6.07, 6.45) is 0.410. The van der Waals surface area contributed by atoms with E-state index < -0.39 is 12.1 Å². The van der Waals surface area contributed by atoms with E-state index in [9.17, 15) is 9.59 Å². The number of anilines is 2. The van der Waals surface area contributed by atoms with E-state index in [-0.39, 0.29) is 12.5 Å². The molecule has 1 atom stereocenters. The van der Waals surface area contributed by atoms with Gasteiger partial charge in [-0.25, -0.2) is 9.78 Å². The van der Waals surface area contributed by atoms with Gasteiger partial charge in [0, 0.05) is 19.3 Å². The highest BCUT2D eigenvalue weighted by Gasteiger charge is 2.39. The molecular weight excluding hydrogens is 262 g/mol. The molecule has 8 nitrogen and oxygen atoms in total. The van der Waals surface area contributed by atoms with Crippen molar-refractivity contribution >= 4 is 23.5 Å². The summed E-state index contributed by atoms with van der Waals surface area (Å²) in [5, 5.41) is 20.5. The van der Waals surface area contributed by atoms with Gasteiger partial charge in [0.25, 0.3) is 0 Å². The average Bonchev–Trinajstić information content (AvgIpc) is 2.46. The fraction of sp³-hybridized carbons (Fsp3) is 0.333. The fourth-order valence-electron chi connectivity index (χ4n) is 2.49.